The van der Waals surface area contributed by atoms with Crippen molar-refractivity contribution in [3.63, 3.8) is 0 Å². The molecule has 0 spiro atoms. The SMILES string of the molecule is CCOC1CC(CC(=O)NCc2cn[nH]c2)C1. The third-order valence-electron chi connectivity index (χ3n) is 3.11. The van der Waals surface area contributed by atoms with E-state index in [-0.39, 0.29) is 5.91 Å². The van der Waals surface area contributed by atoms with Gasteiger partial charge < -0.3 is 10.1 Å². The Hall–Kier alpha value is -1.36. The largest absolute Gasteiger partial charge is 0.378 e. The van der Waals surface area contributed by atoms with Gasteiger partial charge in [0.1, 0.15) is 0 Å². The molecule has 0 bridgehead atoms. The first-order valence-electron chi connectivity index (χ1n) is 6.14. The van der Waals surface area contributed by atoms with Gasteiger partial charge in [0.15, 0.2) is 0 Å². The van der Waals surface area contributed by atoms with E-state index in [0.717, 1.165) is 25.0 Å². The minimum atomic E-state index is 0.117. The lowest BCUT2D eigenvalue weighted by molar-refractivity contribution is -0.124. The van der Waals surface area contributed by atoms with Crippen LogP contribution >= 0.6 is 0 Å². The number of H-pyrrole nitrogens is 1. The van der Waals surface area contributed by atoms with Crippen LogP contribution in [0.1, 0.15) is 31.7 Å². The van der Waals surface area contributed by atoms with Gasteiger partial charge >= 0.3 is 0 Å². The Labute approximate surface area is 101 Å². The van der Waals surface area contributed by atoms with E-state index in [2.05, 4.69) is 15.5 Å². The third-order valence-corrected chi connectivity index (χ3v) is 3.11. The highest BCUT2D eigenvalue weighted by atomic mass is 16.5. The van der Waals surface area contributed by atoms with E-state index in [9.17, 15) is 4.79 Å². The zero-order valence-corrected chi connectivity index (χ0v) is 10.1. The lowest BCUT2D eigenvalue weighted by Gasteiger charge is -2.34. The van der Waals surface area contributed by atoms with Gasteiger partial charge in [0.2, 0.25) is 5.91 Å². The molecule has 1 amide bonds. The van der Waals surface area contributed by atoms with Gasteiger partial charge in [-0.15, -0.1) is 0 Å². The molecule has 1 fully saturated rings. The van der Waals surface area contributed by atoms with Crippen molar-refractivity contribution in [1.29, 1.82) is 0 Å². The molecule has 1 aliphatic carbocycles. The van der Waals surface area contributed by atoms with Gasteiger partial charge in [0.05, 0.1) is 12.3 Å². The molecule has 2 rings (SSSR count). The molecular formula is C12H19N3O2. The molecule has 94 valence electrons. The second kappa shape index (κ2) is 5.82. The zero-order chi connectivity index (χ0) is 12.1. The van der Waals surface area contributed by atoms with Crippen LogP contribution in [0.5, 0.6) is 0 Å². The second-order valence-corrected chi connectivity index (χ2v) is 4.50. The summed E-state index contributed by atoms with van der Waals surface area (Å²) in [4.78, 5) is 11.6. The summed E-state index contributed by atoms with van der Waals surface area (Å²) >= 11 is 0. The van der Waals surface area contributed by atoms with E-state index >= 15 is 0 Å². The number of nitrogens with one attached hydrogen (secondary N) is 2. The van der Waals surface area contributed by atoms with Crippen LogP contribution in [0, 0.1) is 5.92 Å². The number of aromatic amines is 1. The fourth-order valence-electron chi connectivity index (χ4n) is 2.12. The fourth-order valence-corrected chi connectivity index (χ4v) is 2.12. The third kappa shape index (κ3) is 3.56. The molecule has 0 aliphatic heterocycles. The maximum absolute atomic E-state index is 11.6. The molecule has 5 nitrogen and oxygen atoms in total. The summed E-state index contributed by atoms with van der Waals surface area (Å²) in [6, 6.07) is 0. The number of carbonyl (C=O) groups excluding carboxylic acids is 1. The number of aromatic nitrogens is 2. The quantitative estimate of drug-likeness (QED) is 0.782. The molecule has 0 aromatic carbocycles. The van der Waals surface area contributed by atoms with E-state index in [4.69, 9.17) is 4.74 Å². The molecule has 1 aromatic heterocycles. The van der Waals surface area contributed by atoms with E-state index in [1.165, 1.54) is 0 Å². The number of hydrogen-bond acceptors (Lipinski definition) is 3. The summed E-state index contributed by atoms with van der Waals surface area (Å²) < 4.78 is 5.46. The van der Waals surface area contributed by atoms with Crippen molar-refractivity contribution in [3.05, 3.63) is 18.0 Å². The number of carbonyl (C=O) groups is 1. The predicted octanol–water partition coefficient (Wildman–Crippen LogP) is 1.23. The van der Waals surface area contributed by atoms with Gasteiger partial charge in [-0.2, -0.15) is 5.10 Å². The van der Waals surface area contributed by atoms with Crippen LogP contribution in [0.2, 0.25) is 0 Å². The Morgan fingerprint density at radius 3 is 3.12 bits per heavy atom. The van der Waals surface area contributed by atoms with Crippen LogP contribution in [-0.4, -0.2) is 28.8 Å². The van der Waals surface area contributed by atoms with Crippen LogP contribution in [0.25, 0.3) is 0 Å². The van der Waals surface area contributed by atoms with Crippen LogP contribution < -0.4 is 5.32 Å². The van der Waals surface area contributed by atoms with Gasteiger partial charge in [0, 0.05) is 31.3 Å². The zero-order valence-electron chi connectivity index (χ0n) is 10.1. The predicted molar refractivity (Wildman–Crippen MR) is 63.2 cm³/mol. The maximum Gasteiger partial charge on any atom is 0.220 e. The standard InChI is InChI=1S/C12H19N3O2/c1-2-17-11-3-9(4-11)5-12(16)13-6-10-7-14-15-8-10/h7-9,11H,2-6H2,1H3,(H,13,16)(H,14,15). The molecule has 1 heterocycles. The average Bonchev–Trinajstić information content (AvgIpc) is 2.76. The molecule has 0 radical (unpaired) electrons. The number of rotatable bonds is 6. The molecule has 0 saturated heterocycles. The highest BCUT2D eigenvalue weighted by molar-refractivity contribution is 5.76. The lowest BCUT2D eigenvalue weighted by Crippen LogP contribution is -2.35. The van der Waals surface area contributed by atoms with Crippen molar-refractivity contribution in [2.24, 2.45) is 5.92 Å². The summed E-state index contributed by atoms with van der Waals surface area (Å²) in [5.74, 6) is 0.613. The monoisotopic (exact) mass is 237 g/mol. The van der Waals surface area contributed by atoms with Crippen LogP contribution in [-0.2, 0) is 16.1 Å². The van der Waals surface area contributed by atoms with Crippen molar-refractivity contribution < 1.29 is 9.53 Å². The van der Waals surface area contributed by atoms with E-state index in [1.54, 1.807) is 12.4 Å². The number of amides is 1. The molecule has 1 aliphatic rings. The fraction of sp³-hybridized carbons (Fsp3) is 0.667. The molecular weight excluding hydrogens is 218 g/mol. The normalized spacial score (nSPS) is 23.1. The van der Waals surface area contributed by atoms with E-state index in [0.29, 0.717) is 25.0 Å². The number of ether oxygens (including phenoxy) is 1. The molecule has 0 atom stereocenters. The van der Waals surface area contributed by atoms with Crippen LogP contribution in [0.3, 0.4) is 0 Å². The highest BCUT2D eigenvalue weighted by Gasteiger charge is 2.30. The Morgan fingerprint density at radius 1 is 1.65 bits per heavy atom. The first kappa shape index (κ1) is 12.1. The van der Waals surface area contributed by atoms with Crippen LogP contribution in [0.4, 0.5) is 0 Å². The topological polar surface area (TPSA) is 67.0 Å². The first-order chi connectivity index (χ1) is 8.28. The first-order valence-corrected chi connectivity index (χ1v) is 6.14. The van der Waals surface area contributed by atoms with Gasteiger partial charge in [-0.1, -0.05) is 0 Å². The van der Waals surface area contributed by atoms with Crippen molar-refractivity contribution >= 4 is 5.91 Å². The van der Waals surface area contributed by atoms with Crippen molar-refractivity contribution in [3.8, 4) is 0 Å². The molecule has 1 aromatic rings. The number of hydrogen-bond donors (Lipinski definition) is 2. The van der Waals surface area contributed by atoms with Gasteiger partial charge in [-0.3, -0.25) is 9.89 Å². The maximum atomic E-state index is 11.6. The minimum absolute atomic E-state index is 0.117. The summed E-state index contributed by atoms with van der Waals surface area (Å²) in [7, 11) is 0. The number of nitrogens with zero attached hydrogens (tertiary/aromatic N) is 1. The molecule has 1 saturated carbocycles. The lowest BCUT2D eigenvalue weighted by atomic mass is 9.80. The van der Waals surface area contributed by atoms with Gasteiger partial charge in [0.25, 0.3) is 0 Å². The molecule has 2 N–H and O–H groups in total. The van der Waals surface area contributed by atoms with Crippen LogP contribution in [0.15, 0.2) is 12.4 Å². The Kier molecular flexibility index (Phi) is 4.14. The summed E-state index contributed by atoms with van der Waals surface area (Å²) in [6.45, 7) is 3.33. The summed E-state index contributed by atoms with van der Waals surface area (Å²) in [5.41, 5.74) is 0.999. The summed E-state index contributed by atoms with van der Waals surface area (Å²) in [5, 5.41) is 9.44. The minimum Gasteiger partial charge on any atom is -0.378 e. The van der Waals surface area contributed by atoms with Crippen molar-refractivity contribution in [2.75, 3.05) is 6.61 Å². The Morgan fingerprint density at radius 2 is 2.47 bits per heavy atom. The smallest absolute Gasteiger partial charge is 0.220 e. The van der Waals surface area contributed by atoms with Gasteiger partial charge in [-0.05, 0) is 25.7 Å². The molecule has 17 heavy (non-hydrogen) atoms. The van der Waals surface area contributed by atoms with Crippen molar-refractivity contribution in [2.45, 2.75) is 38.8 Å². The highest BCUT2D eigenvalue weighted by Crippen LogP contribution is 2.32. The molecule has 5 heteroatoms. The van der Waals surface area contributed by atoms with E-state index < -0.39 is 0 Å². The molecule has 0 unspecified atom stereocenters. The summed E-state index contributed by atoms with van der Waals surface area (Å²) in [6.07, 6.45) is 6.54. The Bertz CT molecular complexity index is 345. The van der Waals surface area contributed by atoms with E-state index in [1.807, 2.05) is 6.92 Å². The van der Waals surface area contributed by atoms with Gasteiger partial charge in [-0.25, -0.2) is 0 Å². The Balaban J connectivity index is 1.59. The second-order valence-electron chi connectivity index (χ2n) is 4.50. The average molecular weight is 237 g/mol. The van der Waals surface area contributed by atoms with Crippen molar-refractivity contribution in [1.82, 2.24) is 15.5 Å².